The predicted molar refractivity (Wildman–Crippen MR) is 111 cm³/mol. The van der Waals surface area contributed by atoms with E-state index in [1.165, 1.54) is 25.7 Å². The molecule has 1 aromatic rings. The van der Waals surface area contributed by atoms with E-state index in [0.717, 1.165) is 43.4 Å². The van der Waals surface area contributed by atoms with Crippen LogP contribution < -0.4 is 4.90 Å². The molecule has 1 unspecified atom stereocenters. The summed E-state index contributed by atoms with van der Waals surface area (Å²) in [7, 11) is 0. The number of nitrogens with zero attached hydrogens (tertiary/aromatic N) is 2. The van der Waals surface area contributed by atoms with E-state index < -0.39 is 0 Å². The summed E-state index contributed by atoms with van der Waals surface area (Å²) in [6.45, 7) is 2.18. The van der Waals surface area contributed by atoms with Crippen LogP contribution in [0.2, 0.25) is 0 Å². The van der Waals surface area contributed by atoms with Crippen LogP contribution in [0.3, 0.4) is 0 Å². The summed E-state index contributed by atoms with van der Waals surface area (Å²) in [6.07, 6.45) is 15.3. The minimum absolute atomic E-state index is 0. The summed E-state index contributed by atoms with van der Waals surface area (Å²) in [4.78, 5) is 15.9. The number of rotatable bonds is 2. The summed E-state index contributed by atoms with van der Waals surface area (Å²) in [5, 5.41) is 9.53. The van der Waals surface area contributed by atoms with Crippen LogP contribution in [0.1, 0.15) is 64.2 Å². The van der Waals surface area contributed by atoms with Gasteiger partial charge in [-0.25, -0.2) is 0 Å². The Morgan fingerprint density at radius 3 is 2.45 bits per heavy atom. The Kier molecular flexibility index (Phi) is 7.97. The molecule has 0 amide bonds. The maximum absolute atomic E-state index is 11.4. The van der Waals surface area contributed by atoms with Crippen molar-refractivity contribution in [3.63, 3.8) is 0 Å². The maximum Gasteiger partial charge on any atom is 0.162 e. The second kappa shape index (κ2) is 10.4. The van der Waals surface area contributed by atoms with Gasteiger partial charge in [-0.05, 0) is 56.8 Å². The summed E-state index contributed by atoms with van der Waals surface area (Å²) in [5.41, 5.74) is 1.88. The molecule has 1 radical (unpaired) electrons. The summed E-state index contributed by atoms with van der Waals surface area (Å²) < 4.78 is 0. The van der Waals surface area contributed by atoms with Gasteiger partial charge in [0.05, 0.1) is 5.76 Å². The predicted octanol–water partition coefficient (Wildman–Crippen LogP) is 5.49. The molecule has 5 rings (SSSR count). The molecule has 1 aliphatic heterocycles. The number of anilines is 1. The number of ketones is 1. The fraction of sp³-hybridized carbons (Fsp3) is 0.500. The van der Waals surface area contributed by atoms with Crippen LogP contribution in [0.15, 0.2) is 48.0 Å². The van der Waals surface area contributed by atoms with Crippen molar-refractivity contribution in [1.82, 2.24) is 4.90 Å². The van der Waals surface area contributed by atoms with Gasteiger partial charge in [0.15, 0.2) is 5.78 Å². The van der Waals surface area contributed by atoms with Crippen LogP contribution in [-0.2, 0) is 24.9 Å². The molecule has 159 valence electrons. The zero-order valence-corrected chi connectivity index (χ0v) is 19.2. The molecule has 0 saturated heterocycles. The first kappa shape index (κ1) is 22.1. The SMILES string of the molecule is O=C1CCCC2CCCC(O)=C12.[Ir].[c-]1ccccc1N1C=CN(C2CCCC2)[CH-]1. The van der Waals surface area contributed by atoms with Gasteiger partial charge in [0.25, 0.3) is 0 Å². The monoisotopic (exact) mass is 571 g/mol. The molecule has 3 aliphatic carbocycles. The van der Waals surface area contributed by atoms with Crippen LogP contribution in [0.4, 0.5) is 5.69 Å². The van der Waals surface area contributed by atoms with E-state index in [2.05, 4.69) is 41.0 Å². The number of para-hydroxylation sites is 1. The third kappa shape index (κ3) is 5.32. The van der Waals surface area contributed by atoms with Crippen LogP contribution in [0.5, 0.6) is 0 Å². The number of Topliss-reactive ketones (excluding diaryl/α,β-unsaturated/α-hetero) is 1. The molecular formula is C24H30IrN2O2-2. The van der Waals surface area contributed by atoms with Crippen LogP contribution in [-0.4, -0.2) is 21.8 Å². The van der Waals surface area contributed by atoms with Crippen LogP contribution >= 0.6 is 0 Å². The maximum atomic E-state index is 11.4. The Morgan fingerprint density at radius 2 is 1.76 bits per heavy atom. The molecule has 4 nitrogen and oxygen atoms in total. The van der Waals surface area contributed by atoms with Crippen LogP contribution in [0, 0.1) is 18.7 Å². The van der Waals surface area contributed by atoms with Gasteiger partial charge in [0.2, 0.25) is 0 Å². The van der Waals surface area contributed by atoms with E-state index in [9.17, 15) is 9.90 Å². The number of benzene rings is 1. The third-order valence-corrected chi connectivity index (χ3v) is 6.32. The van der Waals surface area contributed by atoms with Gasteiger partial charge in [-0.1, -0.05) is 12.8 Å². The molecule has 2 saturated carbocycles. The van der Waals surface area contributed by atoms with Gasteiger partial charge in [-0.3, -0.25) is 4.79 Å². The normalized spacial score (nSPS) is 24.1. The molecule has 1 heterocycles. The number of carbonyl (C=O) groups is 1. The molecule has 4 aliphatic rings. The van der Waals surface area contributed by atoms with E-state index in [0.29, 0.717) is 24.1 Å². The van der Waals surface area contributed by atoms with Crippen molar-refractivity contribution < 1.29 is 30.0 Å². The zero-order chi connectivity index (χ0) is 19.3. The van der Waals surface area contributed by atoms with Crippen molar-refractivity contribution >= 4 is 11.5 Å². The molecule has 0 aromatic heterocycles. The Hall–Kier alpha value is -1.58. The fourth-order valence-electron chi connectivity index (χ4n) is 4.83. The molecule has 2 fully saturated rings. The van der Waals surface area contributed by atoms with E-state index in [4.69, 9.17) is 0 Å². The van der Waals surface area contributed by atoms with Gasteiger partial charge in [-0.2, -0.15) is 37.0 Å². The van der Waals surface area contributed by atoms with E-state index in [1.807, 2.05) is 18.2 Å². The standard InChI is InChI=1S/C14H16N2.C10H14O2.Ir/c1-2-6-13(7-3-1)15-10-11-16(12-15)14-8-4-5-9-14;11-8-5-1-3-7-4-2-6-9(12)10(7)8;/h1-3,6,10-12,14H,4-5,8-9H2;7,11H,1-6H2;/q-2;;. The van der Waals surface area contributed by atoms with Crippen molar-refractivity contribution in [2.24, 2.45) is 5.92 Å². The average molecular weight is 571 g/mol. The molecule has 0 spiro atoms. The van der Waals surface area contributed by atoms with Gasteiger partial charge < -0.3 is 14.9 Å². The molecule has 1 atom stereocenters. The quantitative estimate of drug-likeness (QED) is 0.478. The molecular weight excluding hydrogens is 540 g/mol. The number of aliphatic hydroxyl groups is 1. The number of hydrogen-bond acceptors (Lipinski definition) is 4. The topological polar surface area (TPSA) is 43.8 Å². The van der Waals surface area contributed by atoms with Crippen LogP contribution in [0.25, 0.3) is 0 Å². The average Bonchev–Trinajstić information content (AvgIpc) is 3.41. The van der Waals surface area contributed by atoms with Crippen molar-refractivity contribution in [2.75, 3.05) is 4.90 Å². The molecule has 1 N–H and O–H groups in total. The summed E-state index contributed by atoms with van der Waals surface area (Å²) in [6, 6.07) is 12.0. The van der Waals surface area contributed by atoms with Gasteiger partial charge >= 0.3 is 0 Å². The van der Waals surface area contributed by atoms with Gasteiger partial charge in [0.1, 0.15) is 0 Å². The molecule has 0 bridgehead atoms. The smallest absolute Gasteiger partial charge is 0.162 e. The third-order valence-electron chi connectivity index (χ3n) is 6.32. The first-order chi connectivity index (χ1) is 13.7. The second-order valence-electron chi connectivity index (χ2n) is 8.22. The van der Waals surface area contributed by atoms with Crippen molar-refractivity contribution in [3.05, 3.63) is 60.7 Å². The van der Waals surface area contributed by atoms with Crippen molar-refractivity contribution in [1.29, 1.82) is 0 Å². The van der Waals surface area contributed by atoms with Gasteiger partial charge in [-0.15, -0.1) is 5.69 Å². The van der Waals surface area contributed by atoms with E-state index in [-0.39, 0.29) is 25.9 Å². The minimum Gasteiger partial charge on any atom is -0.512 e. The Bertz CT molecular complexity index is 741. The van der Waals surface area contributed by atoms with E-state index in [1.54, 1.807) is 0 Å². The number of hydrogen-bond donors (Lipinski definition) is 1. The number of fused-ring (bicyclic) bond motifs is 1. The molecule has 5 heteroatoms. The molecule has 1 aromatic carbocycles. The first-order valence-corrected chi connectivity index (χ1v) is 10.7. The Morgan fingerprint density at radius 1 is 1.00 bits per heavy atom. The Labute approximate surface area is 188 Å². The van der Waals surface area contributed by atoms with Crippen molar-refractivity contribution in [2.45, 2.75) is 70.3 Å². The fourth-order valence-corrected chi connectivity index (χ4v) is 4.83. The first-order valence-electron chi connectivity index (χ1n) is 10.7. The van der Waals surface area contributed by atoms with Gasteiger partial charge in [0, 0.05) is 44.6 Å². The number of carbonyl (C=O) groups excluding carboxylic acids is 1. The summed E-state index contributed by atoms with van der Waals surface area (Å²) in [5.74, 6) is 0.972. The second-order valence-corrected chi connectivity index (χ2v) is 8.22. The van der Waals surface area contributed by atoms with E-state index >= 15 is 0 Å². The van der Waals surface area contributed by atoms with Crippen molar-refractivity contribution in [3.8, 4) is 0 Å². The number of allylic oxidation sites excluding steroid dienone is 2. The largest absolute Gasteiger partial charge is 0.512 e. The summed E-state index contributed by atoms with van der Waals surface area (Å²) >= 11 is 0. The zero-order valence-electron chi connectivity index (χ0n) is 16.9. The molecule has 29 heavy (non-hydrogen) atoms. The minimum atomic E-state index is 0. The number of aliphatic hydroxyl groups excluding tert-OH is 1. The Balaban J connectivity index is 0.000000167.